The first-order chi connectivity index (χ1) is 10.1. The molecule has 2 atom stereocenters. The van der Waals surface area contributed by atoms with E-state index in [0.29, 0.717) is 22.0 Å². The van der Waals surface area contributed by atoms with Crippen LogP contribution in [0.1, 0.15) is 30.7 Å². The van der Waals surface area contributed by atoms with Gasteiger partial charge in [0.1, 0.15) is 0 Å². The molecule has 0 radical (unpaired) electrons. The fraction of sp³-hybridized carbons (Fsp3) is 0.562. The van der Waals surface area contributed by atoms with Gasteiger partial charge in [-0.1, -0.05) is 29.3 Å². The van der Waals surface area contributed by atoms with Crippen LogP contribution >= 0.6 is 35.6 Å². The van der Waals surface area contributed by atoms with Crippen molar-refractivity contribution >= 4 is 41.5 Å². The average Bonchev–Trinajstić information content (AvgIpc) is 3.27. The molecule has 1 heterocycles. The second-order valence-electron chi connectivity index (χ2n) is 6.00. The number of nitrogens with zero attached hydrogens (tertiary/aromatic N) is 1. The fourth-order valence-electron chi connectivity index (χ4n) is 3.24. The van der Waals surface area contributed by atoms with Crippen LogP contribution in [0.5, 0.6) is 0 Å². The molecule has 1 aromatic rings. The van der Waals surface area contributed by atoms with Crippen LogP contribution in [0.3, 0.4) is 0 Å². The van der Waals surface area contributed by atoms with Gasteiger partial charge in [0.25, 0.3) is 0 Å². The maximum Gasteiger partial charge on any atom is 0.226 e. The Bertz CT molecular complexity index is 544. The molecular weight excluding hydrogens is 343 g/mol. The maximum atomic E-state index is 12.6. The lowest BCUT2D eigenvalue weighted by atomic mass is 10.0. The summed E-state index contributed by atoms with van der Waals surface area (Å²) in [5.74, 6) is 0.666. The van der Waals surface area contributed by atoms with Gasteiger partial charge in [-0.15, -0.1) is 12.4 Å². The summed E-state index contributed by atoms with van der Waals surface area (Å²) in [5.41, 5.74) is 1.06. The summed E-state index contributed by atoms with van der Waals surface area (Å²) >= 11 is 12.2. The molecule has 1 aliphatic carbocycles. The van der Waals surface area contributed by atoms with Crippen molar-refractivity contribution in [1.29, 1.82) is 0 Å². The summed E-state index contributed by atoms with van der Waals surface area (Å²) < 4.78 is 0. The number of benzene rings is 1. The molecule has 1 N–H and O–H groups in total. The first kappa shape index (κ1) is 17.9. The monoisotopic (exact) mass is 362 g/mol. The molecule has 0 aromatic heterocycles. The molecule has 3 rings (SSSR count). The zero-order valence-electron chi connectivity index (χ0n) is 12.5. The molecule has 122 valence electrons. The van der Waals surface area contributed by atoms with E-state index in [1.807, 2.05) is 24.1 Å². The van der Waals surface area contributed by atoms with Crippen molar-refractivity contribution in [3.8, 4) is 0 Å². The summed E-state index contributed by atoms with van der Waals surface area (Å²) in [6.45, 7) is 1.73. The molecule has 2 aliphatic rings. The largest absolute Gasteiger partial charge is 0.342 e. The zero-order chi connectivity index (χ0) is 15.0. The van der Waals surface area contributed by atoms with Gasteiger partial charge in [-0.2, -0.15) is 0 Å². The highest BCUT2D eigenvalue weighted by atomic mass is 35.5. The second-order valence-corrected chi connectivity index (χ2v) is 6.85. The number of rotatable bonds is 3. The fourth-order valence-corrected chi connectivity index (χ4v) is 3.79. The SMILES string of the molecule is CNC1CCN(C(=O)C2CC2c2ccc(Cl)cc2Cl)CC1.Cl. The van der Waals surface area contributed by atoms with E-state index in [-0.39, 0.29) is 24.2 Å². The van der Waals surface area contributed by atoms with Gasteiger partial charge in [0.2, 0.25) is 5.91 Å². The summed E-state index contributed by atoms with van der Waals surface area (Å²) in [4.78, 5) is 14.6. The molecule has 1 saturated heterocycles. The standard InChI is InChI=1S/C16H20Cl2N2O.ClH/c1-19-11-4-6-20(7-5-11)16(21)14-9-13(14)12-3-2-10(17)8-15(12)18;/h2-3,8,11,13-14,19H,4-7,9H2,1H3;1H. The number of piperidine rings is 1. The van der Waals surface area contributed by atoms with Gasteiger partial charge in [-0.3, -0.25) is 4.79 Å². The van der Waals surface area contributed by atoms with Crippen molar-refractivity contribution in [3.05, 3.63) is 33.8 Å². The Balaban J connectivity index is 0.00000176. The Labute approximate surface area is 147 Å². The second kappa shape index (κ2) is 7.39. The Morgan fingerprint density at radius 1 is 1.27 bits per heavy atom. The summed E-state index contributed by atoms with van der Waals surface area (Å²) in [7, 11) is 1.99. The van der Waals surface area contributed by atoms with Gasteiger partial charge < -0.3 is 10.2 Å². The van der Waals surface area contributed by atoms with Crippen LogP contribution in [0.25, 0.3) is 0 Å². The molecule has 2 fully saturated rings. The van der Waals surface area contributed by atoms with Crippen LogP contribution in [0.2, 0.25) is 10.0 Å². The Morgan fingerprint density at radius 2 is 1.95 bits per heavy atom. The quantitative estimate of drug-likeness (QED) is 0.887. The van der Waals surface area contributed by atoms with Gasteiger partial charge in [0.15, 0.2) is 0 Å². The van der Waals surface area contributed by atoms with E-state index in [4.69, 9.17) is 23.2 Å². The number of halogens is 3. The number of carbonyl (C=O) groups is 1. The molecule has 1 aromatic carbocycles. The molecule has 0 bridgehead atoms. The van der Waals surface area contributed by atoms with Crippen LogP contribution in [-0.4, -0.2) is 37.0 Å². The first-order valence-corrected chi connectivity index (χ1v) is 8.26. The number of hydrogen-bond acceptors (Lipinski definition) is 2. The highest BCUT2D eigenvalue weighted by Gasteiger charge is 2.46. The Kier molecular flexibility index (Phi) is 6.00. The zero-order valence-corrected chi connectivity index (χ0v) is 14.8. The highest BCUT2D eigenvalue weighted by Crippen LogP contribution is 2.51. The Morgan fingerprint density at radius 3 is 2.55 bits per heavy atom. The van der Waals surface area contributed by atoms with Crippen LogP contribution in [0.4, 0.5) is 0 Å². The smallest absolute Gasteiger partial charge is 0.226 e. The number of likely N-dealkylation sites (tertiary alicyclic amines) is 1. The first-order valence-electron chi connectivity index (χ1n) is 7.51. The lowest BCUT2D eigenvalue weighted by Crippen LogP contribution is -2.44. The summed E-state index contributed by atoms with van der Waals surface area (Å²) in [6, 6.07) is 6.11. The van der Waals surface area contributed by atoms with E-state index in [1.54, 1.807) is 6.07 Å². The van der Waals surface area contributed by atoms with Gasteiger partial charge >= 0.3 is 0 Å². The van der Waals surface area contributed by atoms with Crippen molar-refractivity contribution in [1.82, 2.24) is 10.2 Å². The highest BCUT2D eigenvalue weighted by molar-refractivity contribution is 6.35. The lowest BCUT2D eigenvalue weighted by molar-refractivity contribution is -0.133. The molecule has 3 nitrogen and oxygen atoms in total. The third-order valence-electron chi connectivity index (χ3n) is 4.68. The molecule has 1 saturated carbocycles. The summed E-state index contributed by atoms with van der Waals surface area (Å²) in [5, 5.41) is 4.61. The third-order valence-corrected chi connectivity index (χ3v) is 5.25. The summed E-state index contributed by atoms with van der Waals surface area (Å²) in [6.07, 6.45) is 2.99. The minimum atomic E-state index is 0. The van der Waals surface area contributed by atoms with E-state index in [1.165, 1.54) is 0 Å². The molecule has 6 heteroatoms. The molecule has 22 heavy (non-hydrogen) atoms. The van der Waals surface area contributed by atoms with Gasteiger partial charge in [0.05, 0.1) is 0 Å². The lowest BCUT2D eigenvalue weighted by Gasteiger charge is -2.32. The topological polar surface area (TPSA) is 32.3 Å². The predicted octanol–water partition coefficient (Wildman–Crippen LogP) is 3.73. The van der Waals surface area contributed by atoms with Crippen molar-refractivity contribution < 1.29 is 4.79 Å². The van der Waals surface area contributed by atoms with E-state index in [9.17, 15) is 4.79 Å². The minimum Gasteiger partial charge on any atom is -0.342 e. The molecular formula is C16H21Cl3N2O. The third kappa shape index (κ3) is 3.70. The van der Waals surface area contributed by atoms with Crippen molar-refractivity contribution in [2.75, 3.05) is 20.1 Å². The predicted molar refractivity (Wildman–Crippen MR) is 93.2 cm³/mol. The van der Waals surface area contributed by atoms with Gasteiger partial charge in [-0.05, 0) is 49.9 Å². The van der Waals surface area contributed by atoms with E-state index in [0.717, 1.165) is 37.9 Å². The maximum absolute atomic E-state index is 12.6. The van der Waals surface area contributed by atoms with Crippen LogP contribution in [0, 0.1) is 5.92 Å². The van der Waals surface area contributed by atoms with E-state index >= 15 is 0 Å². The molecule has 2 unspecified atom stereocenters. The van der Waals surface area contributed by atoms with Gasteiger partial charge in [0, 0.05) is 35.1 Å². The molecule has 1 amide bonds. The average molecular weight is 364 g/mol. The van der Waals surface area contributed by atoms with Gasteiger partial charge in [-0.25, -0.2) is 0 Å². The van der Waals surface area contributed by atoms with Crippen molar-refractivity contribution in [3.63, 3.8) is 0 Å². The van der Waals surface area contributed by atoms with Crippen LogP contribution in [-0.2, 0) is 4.79 Å². The minimum absolute atomic E-state index is 0. The van der Waals surface area contributed by atoms with Crippen molar-refractivity contribution in [2.45, 2.75) is 31.2 Å². The van der Waals surface area contributed by atoms with Crippen molar-refractivity contribution in [2.24, 2.45) is 5.92 Å². The number of hydrogen-bond donors (Lipinski definition) is 1. The van der Waals surface area contributed by atoms with Crippen LogP contribution < -0.4 is 5.32 Å². The Hall–Kier alpha value is -0.480. The normalized spacial score (nSPS) is 24.8. The number of carbonyl (C=O) groups excluding carboxylic acids is 1. The number of nitrogens with one attached hydrogen (secondary N) is 1. The molecule has 1 aliphatic heterocycles. The van der Waals surface area contributed by atoms with E-state index < -0.39 is 0 Å². The van der Waals surface area contributed by atoms with E-state index in [2.05, 4.69) is 5.32 Å². The molecule has 0 spiro atoms. The number of amides is 1. The van der Waals surface area contributed by atoms with Crippen LogP contribution in [0.15, 0.2) is 18.2 Å².